The van der Waals surface area contributed by atoms with Crippen molar-refractivity contribution in [2.24, 2.45) is 5.41 Å². The molecule has 0 bridgehead atoms. The summed E-state index contributed by atoms with van der Waals surface area (Å²) in [4.78, 5) is 0. The molecule has 0 aromatic carbocycles. The molecule has 0 N–H and O–H groups in total. The van der Waals surface area contributed by atoms with Gasteiger partial charge in [0.1, 0.15) is 0 Å². The molecule has 0 saturated carbocycles. The van der Waals surface area contributed by atoms with Crippen LogP contribution in [0.4, 0.5) is 0 Å². The molecule has 1 saturated heterocycles. The van der Waals surface area contributed by atoms with Gasteiger partial charge in [-0.1, -0.05) is 13.8 Å². The summed E-state index contributed by atoms with van der Waals surface area (Å²) in [6.45, 7) is 4.79. The molecular weight excluding hydrogens is 243 g/mol. The largest absolute Gasteiger partial charge is 0.190 e. The van der Waals surface area contributed by atoms with Gasteiger partial charge in [-0.2, -0.15) is 7.20 Å². The van der Waals surface area contributed by atoms with E-state index in [2.05, 4.69) is 41.3 Å². The SMILES string of the molecule is CC1(C)CCS(C)(I)C1. The fourth-order valence-corrected chi connectivity index (χ4v) is 7.53. The Bertz CT molecular complexity index is 104. The van der Waals surface area contributed by atoms with Gasteiger partial charge in [0.15, 0.2) is 0 Å². The molecule has 0 aromatic heterocycles. The maximum Gasteiger partial charge on any atom is -0.00944 e. The van der Waals surface area contributed by atoms with E-state index in [-0.39, 0.29) is 7.20 Å². The van der Waals surface area contributed by atoms with Crippen LogP contribution in [-0.4, -0.2) is 17.8 Å². The topological polar surface area (TPSA) is 0 Å². The highest BCUT2D eigenvalue weighted by Crippen LogP contribution is 2.62. The zero-order valence-electron chi connectivity index (χ0n) is 6.41. The number of halogens is 1. The second-order valence-electron chi connectivity index (χ2n) is 3.92. The van der Waals surface area contributed by atoms with Crippen molar-refractivity contribution in [3.05, 3.63) is 0 Å². The Kier molecular flexibility index (Phi) is 2.08. The number of hydrogen-bond acceptors (Lipinski definition) is 0. The normalized spacial score (nSPS) is 48.4. The van der Waals surface area contributed by atoms with Gasteiger partial charge in [0, 0.05) is 0 Å². The predicted molar refractivity (Wildman–Crippen MR) is 55.7 cm³/mol. The van der Waals surface area contributed by atoms with Gasteiger partial charge in [0.2, 0.25) is 0 Å². The third kappa shape index (κ3) is 2.30. The molecule has 1 heterocycles. The van der Waals surface area contributed by atoms with Crippen LogP contribution >= 0.6 is 28.4 Å². The van der Waals surface area contributed by atoms with Gasteiger partial charge in [-0.15, -0.1) is 0 Å². The first-order valence-electron chi connectivity index (χ1n) is 3.35. The van der Waals surface area contributed by atoms with E-state index < -0.39 is 0 Å². The monoisotopic (exact) mass is 258 g/mol. The highest BCUT2D eigenvalue weighted by atomic mass is 127. The van der Waals surface area contributed by atoms with Crippen LogP contribution in [0.1, 0.15) is 20.3 Å². The molecular formula is C7H15IS. The first-order valence-corrected chi connectivity index (χ1v) is 8.27. The lowest BCUT2D eigenvalue weighted by Crippen LogP contribution is -2.09. The summed E-state index contributed by atoms with van der Waals surface area (Å²) in [5, 5.41) is 0. The van der Waals surface area contributed by atoms with Crippen LogP contribution < -0.4 is 0 Å². The second-order valence-corrected chi connectivity index (χ2v) is 13.3. The lowest BCUT2D eigenvalue weighted by Gasteiger charge is -2.24. The molecule has 0 nitrogen and oxygen atoms in total. The van der Waals surface area contributed by atoms with Crippen LogP contribution in [0.3, 0.4) is 0 Å². The fraction of sp³-hybridized carbons (Fsp3) is 1.00. The fourth-order valence-electron chi connectivity index (χ4n) is 1.45. The minimum absolute atomic E-state index is 0.184. The molecule has 1 unspecified atom stereocenters. The minimum Gasteiger partial charge on any atom is -0.190 e. The van der Waals surface area contributed by atoms with Gasteiger partial charge in [0.25, 0.3) is 0 Å². The molecule has 0 radical (unpaired) electrons. The van der Waals surface area contributed by atoms with E-state index in [1.165, 1.54) is 17.9 Å². The second kappa shape index (κ2) is 2.29. The van der Waals surface area contributed by atoms with E-state index in [1.807, 2.05) is 0 Å². The van der Waals surface area contributed by atoms with E-state index in [0.29, 0.717) is 5.41 Å². The van der Waals surface area contributed by atoms with E-state index in [1.54, 1.807) is 0 Å². The third-order valence-electron chi connectivity index (χ3n) is 1.90. The van der Waals surface area contributed by atoms with Gasteiger partial charge < -0.3 is 0 Å². The Morgan fingerprint density at radius 1 is 1.44 bits per heavy atom. The lowest BCUT2D eigenvalue weighted by molar-refractivity contribution is 0.428. The van der Waals surface area contributed by atoms with Crippen molar-refractivity contribution in [2.45, 2.75) is 20.3 Å². The Hall–Kier alpha value is 1.08. The van der Waals surface area contributed by atoms with Crippen LogP contribution in [0.5, 0.6) is 0 Å². The molecule has 9 heavy (non-hydrogen) atoms. The van der Waals surface area contributed by atoms with Crippen molar-refractivity contribution >= 4 is 28.4 Å². The molecule has 1 aliphatic heterocycles. The summed E-state index contributed by atoms with van der Waals surface area (Å²) in [7, 11) is -0.184. The summed E-state index contributed by atoms with van der Waals surface area (Å²) < 4.78 is 0. The van der Waals surface area contributed by atoms with Crippen molar-refractivity contribution in [3.8, 4) is 0 Å². The van der Waals surface area contributed by atoms with Gasteiger partial charge >= 0.3 is 0 Å². The van der Waals surface area contributed by atoms with Crippen molar-refractivity contribution in [3.63, 3.8) is 0 Å². The molecule has 56 valence electrons. The Morgan fingerprint density at radius 2 is 2.00 bits per heavy atom. The van der Waals surface area contributed by atoms with E-state index in [4.69, 9.17) is 0 Å². The van der Waals surface area contributed by atoms with Crippen molar-refractivity contribution in [1.82, 2.24) is 0 Å². The summed E-state index contributed by atoms with van der Waals surface area (Å²) in [5.41, 5.74) is 0.658. The van der Waals surface area contributed by atoms with Crippen LogP contribution in [0.15, 0.2) is 0 Å². The Balaban J connectivity index is 2.58. The van der Waals surface area contributed by atoms with Crippen molar-refractivity contribution in [2.75, 3.05) is 17.8 Å². The maximum absolute atomic E-state index is 2.67. The Morgan fingerprint density at radius 3 is 2.11 bits per heavy atom. The number of hydrogen-bond donors (Lipinski definition) is 0. The highest BCUT2D eigenvalue weighted by molar-refractivity contribution is 14.2. The van der Waals surface area contributed by atoms with Gasteiger partial charge in [-0.25, -0.2) is 0 Å². The first-order chi connectivity index (χ1) is 3.91. The molecule has 1 atom stereocenters. The van der Waals surface area contributed by atoms with Crippen LogP contribution in [0.25, 0.3) is 0 Å². The van der Waals surface area contributed by atoms with E-state index in [9.17, 15) is 0 Å². The summed E-state index contributed by atoms with van der Waals surface area (Å²) in [6.07, 6.45) is 3.89. The van der Waals surface area contributed by atoms with Crippen molar-refractivity contribution < 1.29 is 0 Å². The molecule has 1 fully saturated rings. The summed E-state index contributed by atoms with van der Waals surface area (Å²) in [5.74, 6) is 2.96. The van der Waals surface area contributed by atoms with Gasteiger partial charge in [-0.3, -0.25) is 0 Å². The maximum atomic E-state index is 2.67. The average Bonchev–Trinajstić information content (AvgIpc) is 1.78. The molecule has 0 spiro atoms. The molecule has 0 aromatic rings. The molecule has 2 heteroatoms. The first kappa shape index (κ1) is 8.18. The molecule has 0 amide bonds. The van der Waals surface area contributed by atoms with Gasteiger partial charge in [-0.05, 0) is 50.8 Å². The zero-order valence-corrected chi connectivity index (χ0v) is 9.38. The van der Waals surface area contributed by atoms with E-state index in [0.717, 1.165) is 0 Å². The van der Waals surface area contributed by atoms with Gasteiger partial charge in [0.05, 0.1) is 0 Å². The molecule has 1 rings (SSSR count). The zero-order chi connectivity index (χ0) is 7.12. The van der Waals surface area contributed by atoms with Crippen LogP contribution in [0, 0.1) is 5.41 Å². The third-order valence-corrected chi connectivity index (χ3v) is 6.59. The molecule has 1 aliphatic rings. The lowest BCUT2D eigenvalue weighted by atomic mass is 9.94. The standard InChI is InChI=1S/C7H15IS/c1-7(2)4-5-9(3,8)6-7/h4-6H2,1-3H3. The summed E-state index contributed by atoms with van der Waals surface area (Å²) in [6, 6.07) is 0. The van der Waals surface area contributed by atoms with Crippen LogP contribution in [-0.2, 0) is 0 Å². The summed E-state index contributed by atoms with van der Waals surface area (Å²) >= 11 is 2.67. The predicted octanol–water partition coefficient (Wildman–Crippen LogP) is 3.20. The molecule has 0 aliphatic carbocycles. The quantitative estimate of drug-likeness (QED) is 0.585. The minimum atomic E-state index is -0.184. The van der Waals surface area contributed by atoms with E-state index >= 15 is 0 Å². The highest BCUT2D eigenvalue weighted by Gasteiger charge is 2.34. The Labute approximate surface area is 71.7 Å². The van der Waals surface area contributed by atoms with Crippen LogP contribution in [0.2, 0.25) is 0 Å². The number of rotatable bonds is 0. The smallest absolute Gasteiger partial charge is 0.00944 e. The van der Waals surface area contributed by atoms with Crippen molar-refractivity contribution in [1.29, 1.82) is 0 Å². The average molecular weight is 258 g/mol.